The molecule has 0 atom stereocenters. The number of rotatable bonds is 5. The quantitative estimate of drug-likeness (QED) is 0.414. The summed E-state index contributed by atoms with van der Waals surface area (Å²) >= 11 is 12.3. The van der Waals surface area contributed by atoms with Gasteiger partial charge in [-0.2, -0.15) is 13.2 Å². The Hall–Kier alpha value is -2.68. The summed E-state index contributed by atoms with van der Waals surface area (Å²) < 4.78 is 45.6. The SMILES string of the molecule is NNc1cc(Cl)c(Oc2ccc(=O)n(Cc3cccc(C(F)(F)F)c3)c2)c(Cl)c1. The Balaban J connectivity index is 1.89. The van der Waals surface area contributed by atoms with Gasteiger partial charge in [0.2, 0.25) is 0 Å². The lowest BCUT2D eigenvalue weighted by atomic mass is 10.1. The Kier molecular flexibility index (Phi) is 6.07. The maximum atomic E-state index is 12.9. The average Bonchev–Trinajstić information content (AvgIpc) is 2.66. The minimum atomic E-state index is -4.47. The van der Waals surface area contributed by atoms with Crippen LogP contribution in [0, 0.1) is 0 Å². The Morgan fingerprint density at radius 3 is 2.38 bits per heavy atom. The Morgan fingerprint density at radius 1 is 1.07 bits per heavy atom. The zero-order valence-corrected chi connectivity index (χ0v) is 16.1. The van der Waals surface area contributed by atoms with Crippen LogP contribution in [0.15, 0.2) is 59.5 Å². The van der Waals surface area contributed by atoms with Crippen LogP contribution < -0.4 is 21.6 Å². The molecule has 0 unspecified atom stereocenters. The molecular formula is C19H14Cl2F3N3O2. The molecule has 3 N–H and O–H groups in total. The number of nitrogens with two attached hydrogens (primary N) is 1. The molecule has 0 aliphatic carbocycles. The molecule has 3 aromatic rings. The molecule has 29 heavy (non-hydrogen) atoms. The van der Waals surface area contributed by atoms with Crippen molar-refractivity contribution in [2.24, 2.45) is 5.84 Å². The van der Waals surface area contributed by atoms with E-state index in [1.807, 2.05) is 0 Å². The number of ether oxygens (including phenoxy) is 1. The van der Waals surface area contributed by atoms with Crippen molar-refractivity contribution >= 4 is 28.9 Å². The molecule has 1 aromatic heterocycles. The molecule has 3 rings (SSSR count). The molecule has 0 saturated heterocycles. The van der Waals surface area contributed by atoms with Gasteiger partial charge in [-0.15, -0.1) is 0 Å². The van der Waals surface area contributed by atoms with E-state index in [0.29, 0.717) is 11.3 Å². The third-order valence-electron chi connectivity index (χ3n) is 3.95. The van der Waals surface area contributed by atoms with Gasteiger partial charge in [-0.05, 0) is 35.9 Å². The van der Waals surface area contributed by atoms with Crippen molar-refractivity contribution in [3.63, 3.8) is 0 Å². The van der Waals surface area contributed by atoms with E-state index in [4.69, 9.17) is 33.8 Å². The summed E-state index contributed by atoms with van der Waals surface area (Å²) in [5.41, 5.74) is 2.00. The zero-order valence-electron chi connectivity index (χ0n) is 14.6. The summed E-state index contributed by atoms with van der Waals surface area (Å²) in [6.45, 7) is -0.0720. The highest BCUT2D eigenvalue weighted by Crippen LogP contribution is 2.38. The number of pyridine rings is 1. The molecule has 0 amide bonds. The van der Waals surface area contributed by atoms with Crippen molar-refractivity contribution in [3.05, 3.63) is 86.3 Å². The van der Waals surface area contributed by atoms with E-state index in [-0.39, 0.29) is 28.1 Å². The van der Waals surface area contributed by atoms with Gasteiger partial charge in [0.05, 0.1) is 34.0 Å². The predicted octanol–water partition coefficient (Wildman–Crippen LogP) is 5.30. The van der Waals surface area contributed by atoms with Crippen molar-refractivity contribution in [1.82, 2.24) is 4.57 Å². The molecule has 152 valence electrons. The smallest absolute Gasteiger partial charge is 0.416 e. The number of anilines is 1. The third kappa shape index (κ3) is 5.03. The van der Waals surface area contributed by atoms with Crippen LogP contribution in [0.2, 0.25) is 10.0 Å². The molecule has 10 heteroatoms. The van der Waals surface area contributed by atoms with Gasteiger partial charge in [0, 0.05) is 6.07 Å². The van der Waals surface area contributed by atoms with Gasteiger partial charge in [0.15, 0.2) is 5.75 Å². The van der Waals surface area contributed by atoms with E-state index in [9.17, 15) is 18.0 Å². The van der Waals surface area contributed by atoms with Crippen LogP contribution >= 0.6 is 23.2 Å². The maximum Gasteiger partial charge on any atom is 0.416 e. The zero-order chi connectivity index (χ0) is 21.2. The van der Waals surface area contributed by atoms with E-state index in [1.54, 1.807) is 0 Å². The van der Waals surface area contributed by atoms with E-state index < -0.39 is 17.3 Å². The molecule has 5 nitrogen and oxygen atoms in total. The largest absolute Gasteiger partial charge is 0.453 e. The summed E-state index contributed by atoms with van der Waals surface area (Å²) in [6, 6.07) is 10.4. The number of aromatic nitrogens is 1. The number of nitrogens with one attached hydrogen (secondary N) is 1. The number of benzene rings is 2. The Labute approximate surface area is 173 Å². The average molecular weight is 444 g/mol. The maximum absolute atomic E-state index is 12.9. The highest BCUT2D eigenvalue weighted by molar-refractivity contribution is 6.37. The first-order valence-electron chi connectivity index (χ1n) is 8.17. The number of halogens is 5. The highest BCUT2D eigenvalue weighted by Gasteiger charge is 2.30. The van der Waals surface area contributed by atoms with E-state index >= 15 is 0 Å². The number of nitrogen functional groups attached to an aromatic ring is 1. The lowest BCUT2D eigenvalue weighted by Gasteiger charge is -2.13. The fourth-order valence-corrected chi connectivity index (χ4v) is 3.16. The second-order valence-electron chi connectivity index (χ2n) is 6.04. The van der Waals surface area contributed by atoms with E-state index in [2.05, 4.69) is 5.43 Å². The van der Waals surface area contributed by atoms with E-state index in [0.717, 1.165) is 12.1 Å². The number of hydrogen-bond donors (Lipinski definition) is 2. The molecule has 0 fully saturated rings. The van der Waals surface area contributed by atoms with Crippen molar-refractivity contribution < 1.29 is 17.9 Å². The van der Waals surface area contributed by atoms with Crippen molar-refractivity contribution in [2.45, 2.75) is 12.7 Å². The van der Waals surface area contributed by atoms with Crippen LogP contribution in [-0.4, -0.2) is 4.57 Å². The van der Waals surface area contributed by atoms with Gasteiger partial charge in [-0.3, -0.25) is 10.6 Å². The fourth-order valence-electron chi connectivity index (χ4n) is 2.59. The lowest BCUT2D eigenvalue weighted by Crippen LogP contribution is -2.19. The van der Waals surface area contributed by atoms with Gasteiger partial charge in [0.1, 0.15) is 5.75 Å². The molecular weight excluding hydrogens is 430 g/mol. The van der Waals surface area contributed by atoms with Crippen molar-refractivity contribution in [2.75, 3.05) is 5.43 Å². The molecule has 1 heterocycles. The van der Waals surface area contributed by atoms with Crippen LogP contribution in [0.25, 0.3) is 0 Å². The van der Waals surface area contributed by atoms with Crippen LogP contribution in [-0.2, 0) is 12.7 Å². The molecule has 0 saturated carbocycles. The highest BCUT2D eigenvalue weighted by atomic mass is 35.5. The van der Waals surface area contributed by atoms with Crippen LogP contribution in [0.1, 0.15) is 11.1 Å². The van der Waals surface area contributed by atoms with E-state index in [1.165, 1.54) is 47.2 Å². The molecule has 0 aliphatic rings. The van der Waals surface area contributed by atoms with Crippen LogP contribution in [0.3, 0.4) is 0 Å². The summed E-state index contributed by atoms with van der Waals surface area (Å²) in [5.74, 6) is 5.70. The number of nitrogens with zero attached hydrogens (tertiary/aromatic N) is 1. The summed E-state index contributed by atoms with van der Waals surface area (Å²) in [7, 11) is 0. The van der Waals surface area contributed by atoms with Crippen LogP contribution in [0.4, 0.5) is 18.9 Å². The van der Waals surface area contributed by atoms with Gasteiger partial charge in [-0.25, -0.2) is 0 Å². The van der Waals surface area contributed by atoms with Crippen molar-refractivity contribution in [3.8, 4) is 11.5 Å². The lowest BCUT2D eigenvalue weighted by molar-refractivity contribution is -0.137. The molecule has 0 bridgehead atoms. The predicted molar refractivity (Wildman–Crippen MR) is 106 cm³/mol. The second kappa shape index (κ2) is 8.36. The first-order chi connectivity index (χ1) is 13.7. The first-order valence-corrected chi connectivity index (χ1v) is 8.93. The van der Waals surface area contributed by atoms with Crippen LogP contribution in [0.5, 0.6) is 11.5 Å². The summed E-state index contributed by atoms with van der Waals surface area (Å²) in [5, 5.41) is 0.363. The topological polar surface area (TPSA) is 69.3 Å². The Morgan fingerprint density at radius 2 is 1.76 bits per heavy atom. The molecule has 0 radical (unpaired) electrons. The molecule has 2 aromatic carbocycles. The second-order valence-corrected chi connectivity index (χ2v) is 6.86. The number of alkyl halides is 3. The summed E-state index contributed by atoms with van der Waals surface area (Å²) in [4.78, 5) is 12.1. The van der Waals surface area contributed by atoms with Gasteiger partial charge in [0.25, 0.3) is 5.56 Å². The van der Waals surface area contributed by atoms with Gasteiger partial charge in [-0.1, -0.05) is 35.3 Å². The minimum absolute atomic E-state index is 0.0720. The Bertz CT molecular complexity index is 1080. The number of hydrogen-bond acceptors (Lipinski definition) is 4. The number of hydrazine groups is 1. The fraction of sp³-hybridized carbons (Fsp3) is 0.105. The van der Waals surface area contributed by atoms with Gasteiger partial charge < -0.3 is 14.7 Å². The molecule has 0 aliphatic heterocycles. The summed E-state index contributed by atoms with van der Waals surface area (Å²) in [6.07, 6.45) is -3.10. The monoisotopic (exact) mass is 443 g/mol. The molecule has 0 spiro atoms. The van der Waals surface area contributed by atoms with Crippen molar-refractivity contribution in [1.29, 1.82) is 0 Å². The minimum Gasteiger partial charge on any atom is -0.453 e. The third-order valence-corrected chi connectivity index (χ3v) is 4.51. The standard InChI is InChI=1S/C19H14Cl2F3N3O2/c20-15-7-13(26-25)8-16(21)18(15)29-14-4-5-17(28)27(10-14)9-11-2-1-3-12(6-11)19(22,23)24/h1-8,10,26H,9,25H2. The first kappa shape index (κ1) is 21.0. The van der Waals surface area contributed by atoms with Gasteiger partial charge >= 0.3 is 6.18 Å². The normalized spacial score (nSPS) is 11.4.